The number of aryl methyl sites for hydroxylation is 1. The summed E-state index contributed by atoms with van der Waals surface area (Å²) in [5, 5.41) is 7.14. The third-order valence-electron chi connectivity index (χ3n) is 3.41. The molecule has 6 heteroatoms. The summed E-state index contributed by atoms with van der Waals surface area (Å²) in [7, 11) is 3.53. The lowest BCUT2D eigenvalue weighted by Gasteiger charge is -2.10. The van der Waals surface area contributed by atoms with Crippen LogP contribution in [0.15, 0.2) is 18.2 Å². The Labute approximate surface area is 135 Å². The van der Waals surface area contributed by atoms with Gasteiger partial charge in [0.05, 0.1) is 12.0 Å². The molecular formula is C15H21ClN2O2S. The fourth-order valence-electron chi connectivity index (χ4n) is 1.97. The van der Waals surface area contributed by atoms with E-state index in [1.54, 1.807) is 7.11 Å². The minimum absolute atomic E-state index is 0. The van der Waals surface area contributed by atoms with Crippen LogP contribution >= 0.6 is 23.7 Å². The summed E-state index contributed by atoms with van der Waals surface area (Å²) < 4.78 is 6.34. The molecule has 0 bridgehead atoms. The minimum atomic E-state index is -0.00948. The first-order valence-corrected chi connectivity index (χ1v) is 7.41. The van der Waals surface area contributed by atoms with Crippen molar-refractivity contribution in [1.29, 1.82) is 0 Å². The van der Waals surface area contributed by atoms with Crippen molar-refractivity contribution in [2.75, 3.05) is 20.7 Å². The lowest BCUT2D eigenvalue weighted by Crippen LogP contribution is -2.37. The van der Waals surface area contributed by atoms with Crippen LogP contribution in [0.5, 0.6) is 5.75 Å². The van der Waals surface area contributed by atoms with Gasteiger partial charge in [0.1, 0.15) is 5.75 Å². The van der Waals surface area contributed by atoms with Crippen molar-refractivity contribution in [2.45, 2.75) is 19.9 Å². The second kappa shape index (κ2) is 7.64. The molecule has 0 aliphatic rings. The lowest BCUT2D eigenvalue weighted by atomic mass is 10.1. The van der Waals surface area contributed by atoms with E-state index < -0.39 is 0 Å². The molecule has 0 radical (unpaired) electrons. The van der Waals surface area contributed by atoms with E-state index in [1.807, 2.05) is 39.1 Å². The average Bonchev–Trinajstić information content (AvgIpc) is 2.81. The third kappa shape index (κ3) is 3.87. The molecule has 1 atom stereocenters. The Morgan fingerprint density at radius 3 is 2.76 bits per heavy atom. The molecule has 1 unspecified atom stereocenters. The molecule has 1 amide bonds. The summed E-state index contributed by atoms with van der Waals surface area (Å²) in [6.45, 7) is 4.63. The number of thiophene rings is 1. The van der Waals surface area contributed by atoms with Crippen molar-refractivity contribution in [2.24, 2.45) is 0 Å². The number of fused-ring (bicyclic) bond motifs is 1. The van der Waals surface area contributed by atoms with Gasteiger partial charge in [-0.05, 0) is 50.0 Å². The Bertz CT molecular complexity index is 627. The van der Waals surface area contributed by atoms with Crippen LogP contribution in [-0.2, 0) is 0 Å². The molecule has 0 saturated carbocycles. The number of hydrogen-bond acceptors (Lipinski definition) is 4. The number of rotatable bonds is 5. The normalized spacial score (nSPS) is 11.8. The van der Waals surface area contributed by atoms with Crippen molar-refractivity contribution < 1.29 is 9.53 Å². The van der Waals surface area contributed by atoms with Gasteiger partial charge in [0.25, 0.3) is 5.91 Å². The molecule has 116 valence electrons. The monoisotopic (exact) mass is 328 g/mol. The summed E-state index contributed by atoms with van der Waals surface area (Å²) >= 11 is 1.52. The first kappa shape index (κ1) is 17.8. The quantitative estimate of drug-likeness (QED) is 0.887. The molecule has 2 N–H and O–H groups in total. The van der Waals surface area contributed by atoms with Crippen molar-refractivity contribution in [3.8, 4) is 5.75 Å². The summed E-state index contributed by atoms with van der Waals surface area (Å²) in [5.74, 6) is 0.805. The van der Waals surface area contributed by atoms with Gasteiger partial charge in [-0.15, -0.1) is 23.7 Å². The fourth-order valence-corrected chi connectivity index (χ4v) is 3.08. The number of halogens is 1. The van der Waals surface area contributed by atoms with E-state index in [-0.39, 0.29) is 24.4 Å². The summed E-state index contributed by atoms with van der Waals surface area (Å²) in [5.41, 5.74) is 1.01. The van der Waals surface area contributed by atoms with Gasteiger partial charge in [-0.2, -0.15) is 0 Å². The number of likely N-dealkylation sites (N-methyl/N-ethyl adjacent to an activating group) is 1. The zero-order valence-electron chi connectivity index (χ0n) is 12.6. The average molecular weight is 329 g/mol. The molecule has 1 aromatic carbocycles. The van der Waals surface area contributed by atoms with E-state index in [0.717, 1.165) is 26.3 Å². The molecule has 2 rings (SSSR count). The number of benzene rings is 1. The smallest absolute Gasteiger partial charge is 0.261 e. The highest BCUT2D eigenvalue weighted by molar-refractivity contribution is 7.21. The van der Waals surface area contributed by atoms with Gasteiger partial charge < -0.3 is 15.4 Å². The Morgan fingerprint density at radius 1 is 1.43 bits per heavy atom. The molecule has 1 aromatic heterocycles. The largest absolute Gasteiger partial charge is 0.497 e. The molecule has 0 aliphatic heterocycles. The maximum atomic E-state index is 12.3. The topological polar surface area (TPSA) is 50.4 Å². The highest BCUT2D eigenvalue weighted by atomic mass is 35.5. The third-order valence-corrected chi connectivity index (χ3v) is 4.68. The number of hydrogen-bond donors (Lipinski definition) is 2. The molecular weight excluding hydrogens is 308 g/mol. The van der Waals surface area contributed by atoms with E-state index in [2.05, 4.69) is 10.6 Å². The number of ether oxygens (including phenoxy) is 1. The Morgan fingerprint density at radius 2 is 2.14 bits per heavy atom. The van der Waals surface area contributed by atoms with Gasteiger partial charge in [-0.3, -0.25) is 4.79 Å². The highest BCUT2D eigenvalue weighted by Gasteiger charge is 2.16. The first-order chi connectivity index (χ1) is 9.56. The van der Waals surface area contributed by atoms with Gasteiger partial charge in [-0.1, -0.05) is 0 Å². The molecule has 21 heavy (non-hydrogen) atoms. The van der Waals surface area contributed by atoms with Crippen molar-refractivity contribution in [1.82, 2.24) is 10.6 Å². The number of methoxy groups -OCH3 is 1. The predicted molar refractivity (Wildman–Crippen MR) is 91.2 cm³/mol. The van der Waals surface area contributed by atoms with Crippen LogP contribution in [0.3, 0.4) is 0 Å². The second-order valence-electron chi connectivity index (χ2n) is 4.82. The van der Waals surface area contributed by atoms with Gasteiger partial charge in [0.15, 0.2) is 0 Å². The van der Waals surface area contributed by atoms with E-state index in [4.69, 9.17) is 4.74 Å². The SMILES string of the molecule is CNC(C)CNC(=O)c1sc2ccc(OC)cc2c1C.Cl. The zero-order chi connectivity index (χ0) is 14.7. The van der Waals surface area contributed by atoms with Gasteiger partial charge >= 0.3 is 0 Å². The molecule has 2 aromatic rings. The van der Waals surface area contributed by atoms with Crippen LogP contribution in [0.4, 0.5) is 0 Å². The van der Waals surface area contributed by atoms with Gasteiger partial charge in [0, 0.05) is 17.3 Å². The summed E-state index contributed by atoms with van der Waals surface area (Å²) in [4.78, 5) is 13.0. The van der Waals surface area contributed by atoms with Crippen LogP contribution < -0.4 is 15.4 Å². The molecule has 4 nitrogen and oxygen atoms in total. The summed E-state index contributed by atoms with van der Waals surface area (Å²) in [6, 6.07) is 6.16. The Kier molecular flexibility index (Phi) is 6.45. The molecule has 0 spiro atoms. The second-order valence-corrected chi connectivity index (χ2v) is 5.87. The van der Waals surface area contributed by atoms with Crippen molar-refractivity contribution in [3.63, 3.8) is 0 Å². The number of nitrogens with one attached hydrogen (secondary N) is 2. The number of carbonyl (C=O) groups excluding carboxylic acids is 1. The number of carbonyl (C=O) groups is 1. The van der Waals surface area contributed by atoms with E-state index in [9.17, 15) is 4.79 Å². The first-order valence-electron chi connectivity index (χ1n) is 6.59. The van der Waals surface area contributed by atoms with Gasteiger partial charge in [-0.25, -0.2) is 0 Å². The maximum absolute atomic E-state index is 12.3. The van der Waals surface area contributed by atoms with E-state index >= 15 is 0 Å². The highest BCUT2D eigenvalue weighted by Crippen LogP contribution is 2.33. The van der Waals surface area contributed by atoms with Crippen LogP contribution in [0.2, 0.25) is 0 Å². The van der Waals surface area contributed by atoms with Crippen LogP contribution in [-0.4, -0.2) is 32.7 Å². The standard InChI is InChI=1S/C15H20N2O2S.ClH/c1-9(16-3)8-17-15(18)14-10(2)12-7-11(19-4)5-6-13(12)20-14;/h5-7,9,16H,8H2,1-4H3,(H,17,18);1H. The minimum Gasteiger partial charge on any atom is -0.497 e. The van der Waals surface area contributed by atoms with Gasteiger partial charge in [0.2, 0.25) is 0 Å². The van der Waals surface area contributed by atoms with Crippen molar-refractivity contribution in [3.05, 3.63) is 28.6 Å². The lowest BCUT2D eigenvalue weighted by molar-refractivity contribution is 0.0954. The zero-order valence-corrected chi connectivity index (χ0v) is 14.3. The molecule has 0 aliphatic carbocycles. The van der Waals surface area contributed by atoms with E-state index in [0.29, 0.717) is 6.54 Å². The summed E-state index contributed by atoms with van der Waals surface area (Å²) in [6.07, 6.45) is 0. The Hall–Kier alpha value is -1.30. The van der Waals surface area contributed by atoms with Crippen molar-refractivity contribution >= 4 is 39.7 Å². The van der Waals surface area contributed by atoms with Crippen LogP contribution in [0, 0.1) is 6.92 Å². The fraction of sp³-hybridized carbons (Fsp3) is 0.400. The maximum Gasteiger partial charge on any atom is 0.261 e. The molecule has 1 heterocycles. The predicted octanol–water partition coefficient (Wildman–Crippen LogP) is 2.98. The van der Waals surface area contributed by atoms with Crippen LogP contribution in [0.1, 0.15) is 22.2 Å². The molecule has 0 saturated heterocycles. The van der Waals surface area contributed by atoms with E-state index in [1.165, 1.54) is 11.3 Å². The van der Waals surface area contributed by atoms with Crippen LogP contribution in [0.25, 0.3) is 10.1 Å². The number of amides is 1. The molecule has 0 fully saturated rings. The Balaban J connectivity index is 0.00000220.